The number of thiazole rings is 1. The Morgan fingerprint density at radius 3 is 2.60 bits per heavy atom. The molecule has 1 aromatic heterocycles. The standard InChI is InChI=1S/C27H24N2O5S/c1-15-23(26(31)33-4)24(17-9-11-20(32-3)12-10-17)29-25(30)22(35-27(29)28-15)14-19-13-18-7-5-6-8-21(18)34-16(19)2/h5-14,16,24H,1-4H3/b22-14-/t16-,24-/m1/s1. The Labute approximate surface area is 205 Å². The average Bonchev–Trinajstić information content (AvgIpc) is 3.17. The third-order valence-electron chi connectivity index (χ3n) is 6.17. The van der Waals surface area contributed by atoms with Crippen molar-refractivity contribution < 1.29 is 19.0 Å². The van der Waals surface area contributed by atoms with Crippen molar-refractivity contribution in [1.82, 2.24) is 4.57 Å². The van der Waals surface area contributed by atoms with E-state index in [4.69, 9.17) is 14.2 Å². The van der Waals surface area contributed by atoms with E-state index in [1.165, 1.54) is 18.4 Å². The number of aromatic nitrogens is 1. The molecular weight excluding hydrogens is 464 g/mol. The van der Waals surface area contributed by atoms with Gasteiger partial charge in [0.2, 0.25) is 0 Å². The number of esters is 1. The van der Waals surface area contributed by atoms with Gasteiger partial charge in [0.1, 0.15) is 17.6 Å². The van der Waals surface area contributed by atoms with Gasteiger partial charge in [-0.25, -0.2) is 9.79 Å². The molecule has 2 aliphatic heterocycles. The van der Waals surface area contributed by atoms with Gasteiger partial charge in [0, 0.05) is 5.56 Å². The van der Waals surface area contributed by atoms with Crippen molar-refractivity contribution in [1.29, 1.82) is 0 Å². The molecule has 0 fully saturated rings. The van der Waals surface area contributed by atoms with Crippen molar-refractivity contribution in [3.8, 4) is 11.5 Å². The van der Waals surface area contributed by atoms with E-state index < -0.39 is 12.0 Å². The highest BCUT2D eigenvalue weighted by Gasteiger charge is 2.33. The number of nitrogens with zero attached hydrogens (tertiary/aromatic N) is 2. The molecule has 0 bridgehead atoms. The van der Waals surface area contributed by atoms with Crippen LogP contribution in [0, 0.1) is 0 Å². The van der Waals surface area contributed by atoms with E-state index in [2.05, 4.69) is 4.99 Å². The van der Waals surface area contributed by atoms with Crippen molar-refractivity contribution >= 4 is 29.5 Å². The largest absolute Gasteiger partial charge is 0.497 e. The van der Waals surface area contributed by atoms with Crippen LogP contribution in [0.25, 0.3) is 12.2 Å². The second-order valence-corrected chi connectivity index (χ2v) is 9.30. The summed E-state index contributed by atoms with van der Waals surface area (Å²) in [7, 11) is 2.92. The lowest BCUT2D eigenvalue weighted by Crippen LogP contribution is -2.40. The Morgan fingerprint density at radius 2 is 1.89 bits per heavy atom. The Morgan fingerprint density at radius 1 is 1.14 bits per heavy atom. The number of rotatable bonds is 4. The van der Waals surface area contributed by atoms with E-state index in [0.29, 0.717) is 26.4 Å². The molecule has 3 heterocycles. The summed E-state index contributed by atoms with van der Waals surface area (Å²) in [4.78, 5) is 31.6. The number of carbonyl (C=O) groups is 1. The average molecular weight is 489 g/mol. The van der Waals surface area contributed by atoms with Gasteiger partial charge in [-0.05, 0) is 55.3 Å². The molecule has 0 saturated carbocycles. The first-order valence-corrected chi connectivity index (χ1v) is 11.9. The van der Waals surface area contributed by atoms with E-state index in [9.17, 15) is 9.59 Å². The second-order valence-electron chi connectivity index (χ2n) is 8.29. The third-order valence-corrected chi connectivity index (χ3v) is 7.15. The predicted octanol–water partition coefficient (Wildman–Crippen LogP) is 3.23. The van der Waals surface area contributed by atoms with Crippen LogP contribution in [0.2, 0.25) is 0 Å². The fourth-order valence-electron chi connectivity index (χ4n) is 4.37. The zero-order valence-electron chi connectivity index (χ0n) is 19.8. The first-order valence-electron chi connectivity index (χ1n) is 11.1. The molecule has 2 aliphatic rings. The summed E-state index contributed by atoms with van der Waals surface area (Å²) < 4.78 is 18.5. The van der Waals surface area contributed by atoms with Crippen LogP contribution in [-0.2, 0) is 9.53 Å². The van der Waals surface area contributed by atoms with Crippen LogP contribution in [-0.4, -0.2) is 30.9 Å². The van der Waals surface area contributed by atoms with Crippen molar-refractivity contribution in [3.05, 3.63) is 96.2 Å². The molecule has 2 atom stereocenters. The van der Waals surface area contributed by atoms with E-state index >= 15 is 0 Å². The van der Waals surface area contributed by atoms with Gasteiger partial charge in [0.25, 0.3) is 5.56 Å². The summed E-state index contributed by atoms with van der Waals surface area (Å²) in [5.41, 5.74) is 3.24. The molecule has 0 spiro atoms. The van der Waals surface area contributed by atoms with E-state index in [-0.39, 0.29) is 11.7 Å². The minimum atomic E-state index is -0.665. The molecule has 178 valence electrons. The zero-order valence-corrected chi connectivity index (χ0v) is 20.6. The second kappa shape index (κ2) is 9.03. The molecule has 8 heteroatoms. The third kappa shape index (κ3) is 4.00. The molecule has 3 aromatic rings. The van der Waals surface area contributed by atoms with Gasteiger partial charge in [-0.2, -0.15) is 0 Å². The first kappa shape index (κ1) is 22.9. The van der Waals surface area contributed by atoms with Crippen molar-refractivity contribution in [2.75, 3.05) is 14.2 Å². The number of hydrogen-bond acceptors (Lipinski definition) is 7. The number of para-hydroxylation sites is 1. The minimum absolute atomic E-state index is 0.215. The van der Waals surface area contributed by atoms with Gasteiger partial charge in [0.05, 0.1) is 36.1 Å². The predicted molar refractivity (Wildman–Crippen MR) is 134 cm³/mol. The van der Waals surface area contributed by atoms with Gasteiger partial charge in [-0.1, -0.05) is 41.7 Å². The molecular formula is C27H24N2O5S. The molecule has 2 aromatic carbocycles. The summed E-state index contributed by atoms with van der Waals surface area (Å²) in [5, 5.41) is 0. The number of methoxy groups -OCH3 is 2. The van der Waals surface area contributed by atoms with Crippen LogP contribution in [0.1, 0.15) is 31.0 Å². The molecule has 35 heavy (non-hydrogen) atoms. The van der Waals surface area contributed by atoms with Gasteiger partial charge in [0.15, 0.2) is 4.80 Å². The molecule has 0 radical (unpaired) electrons. The van der Waals surface area contributed by atoms with E-state index in [1.807, 2.05) is 55.5 Å². The Hall–Kier alpha value is -3.91. The molecule has 7 nitrogen and oxygen atoms in total. The first-order chi connectivity index (χ1) is 16.9. The number of ether oxygens (including phenoxy) is 3. The van der Waals surface area contributed by atoms with E-state index in [1.54, 1.807) is 30.7 Å². The monoisotopic (exact) mass is 488 g/mol. The van der Waals surface area contributed by atoms with Crippen LogP contribution >= 0.6 is 11.3 Å². The van der Waals surface area contributed by atoms with Crippen LogP contribution in [0.4, 0.5) is 0 Å². The Kier molecular flexibility index (Phi) is 5.90. The lowest BCUT2D eigenvalue weighted by atomic mass is 9.96. The maximum atomic E-state index is 13.7. The fraction of sp³-hybridized carbons (Fsp3) is 0.222. The molecule has 5 rings (SSSR count). The normalized spacial score (nSPS) is 19.2. The molecule has 0 amide bonds. The lowest BCUT2D eigenvalue weighted by molar-refractivity contribution is -0.136. The number of fused-ring (bicyclic) bond motifs is 2. The number of allylic oxidation sites excluding steroid dienone is 1. The maximum absolute atomic E-state index is 13.7. The summed E-state index contributed by atoms with van der Waals surface area (Å²) in [6.07, 6.45) is 3.67. The van der Waals surface area contributed by atoms with Crippen LogP contribution in [0.3, 0.4) is 0 Å². The SMILES string of the molecule is COC(=O)C1=C(C)N=c2s/c(=C\C3=Cc4ccccc4O[C@@H]3C)c(=O)n2[C@@H]1c1ccc(OC)cc1. The quantitative estimate of drug-likeness (QED) is 0.527. The number of hydrogen-bond donors (Lipinski definition) is 0. The van der Waals surface area contributed by atoms with Crippen LogP contribution in [0.5, 0.6) is 11.5 Å². The van der Waals surface area contributed by atoms with Crippen molar-refractivity contribution in [3.63, 3.8) is 0 Å². The molecule has 0 aliphatic carbocycles. The zero-order chi connectivity index (χ0) is 24.7. The summed E-state index contributed by atoms with van der Waals surface area (Å²) in [6.45, 7) is 3.71. The van der Waals surface area contributed by atoms with Crippen LogP contribution in [0.15, 0.2) is 75.2 Å². The molecule has 0 saturated heterocycles. The Balaban J connectivity index is 1.69. The lowest BCUT2D eigenvalue weighted by Gasteiger charge is -2.24. The highest BCUT2D eigenvalue weighted by atomic mass is 32.1. The summed E-state index contributed by atoms with van der Waals surface area (Å²) in [6, 6.07) is 14.4. The highest BCUT2D eigenvalue weighted by Crippen LogP contribution is 2.32. The van der Waals surface area contributed by atoms with Gasteiger partial charge in [-0.3, -0.25) is 9.36 Å². The summed E-state index contributed by atoms with van der Waals surface area (Å²) >= 11 is 1.29. The van der Waals surface area contributed by atoms with Crippen LogP contribution < -0.4 is 24.4 Å². The molecule has 0 unspecified atom stereocenters. The van der Waals surface area contributed by atoms with Gasteiger partial charge >= 0.3 is 5.97 Å². The smallest absolute Gasteiger partial charge is 0.338 e. The highest BCUT2D eigenvalue weighted by molar-refractivity contribution is 7.07. The topological polar surface area (TPSA) is 79.1 Å². The maximum Gasteiger partial charge on any atom is 0.338 e. The number of carbonyl (C=O) groups excluding carboxylic acids is 1. The van der Waals surface area contributed by atoms with E-state index in [0.717, 1.165) is 22.4 Å². The van der Waals surface area contributed by atoms with Crippen molar-refractivity contribution in [2.45, 2.75) is 26.0 Å². The van der Waals surface area contributed by atoms with Gasteiger partial charge < -0.3 is 14.2 Å². The van der Waals surface area contributed by atoms with Crippen molar-refractivity contribution in [2.24, 2.45) is 4.99 Å². The minimum Gasteiger partial charge on any atom is -0.497 e. The Bertz CT molecular complexity index is 1560. The number of benzene rings is 2. The fourth-order valence-corrected chi connectivity index (χ4v) is 5.41. The van der Waals surface area contributed by atoms with Gasteiger partial charge in [-0.15, -0.1) is 0 Å². The summed E-state index contributed by atoms with van der Waals surface area (Å²) in [5.74, 6) is 0.978. The molecule has 0 N–H and O–H groups in total.